The van der Waals surface area contributed by atoms with Gasteiger partial charge in [0, 0.05) is 25.2 Å². The number of hydrogen-bond donors (Lipinski definition) is 1. The van der Waals surface area contributed by atoms with Crippen molar-refractivity contribution in [3.8, 4) is 0 Å². The smallest absolute Gasteiger partial charge is 0.225 e. The number of nitrogens with zero attached hydrogens (tertiary/aromatic N) is 1. The topological polar surface area (TPSA) is 32.3 Å². The lowest BCUT2D eigenvalue weighted by atomic mass is 10.2. The first-order valence-corrected chi connectivity index (χ1v) is 6.43. The average molecular weight is 264 g/mol. The molecule has 0 fully saturated rings. The van der Waals surface area contributed by atoms with Crippen LogP contribution in [0.4, 0.5) is 10.1 Å². The van der Waals surface area contributed by atoms with Gasteiger partial charge in [-0.05, 0) is 31.7 Å². The first-order valence-electron chi connectivity index (χ1n) is 6.43. The third kappa shape index (κ3) is 6.15. The number of carbonyl (C=O) groups is 1. The molecular weight excluding hydrogens is 243 g/mol. The van der Waals surface area contributed by atoms with Crippen LogP contribution in [0.5, 0.6) is 0 Å². The van der Waals surface area contributed by atoms with Gasteiger partial charge in [-0.2, -0.15) is 0 Å². The van der Waals surface area contributed by atoms with Gasteiger partial charge in [0.2, 0.25) is 5.91 Å². The molecule has 0 spiro atoms. The highest BCUT2D eigenvalue weighted by Crippen LogP contribution is 2.09. The van der Waals surface area contributed by atoms with Gasteiger partial charge in [0.15, 0.2) is 0 Å². The molecule has 104 valence electrons. The molecule has 0 aromatic heterocycles. The number of carbonyl (C=O) groups excluding carboxylic acids is 1. The molecule has 1 aromatic rings. The van der Waals surface area contributed by atoms with Gasteiger partial charge < -0.3 is 5.32 Å². The molecule has 1 aromatic carbocycles. The zero-order valence-electron chi connectivity index (χ0n) is 11.6. The first kappa shape index (κ1) is 15.4. The summed E-state index contributed by atoms with van der Waals surface area (Å²) < 4.78 is 13.0. The Labute approximate surface area is 114 Å². The van der Waals surface area contributed by atoms with Gasteiger partial charge in [-0.3, -0.25) is 9.69 Å². The molecule has 0 atom stereocenters. The number of likely N-dealkylation sites (N-methyl/N-ethyl adjacent to an activating group) is 1. The van der Waals surface area contributed by atoms with E-state index in [0.717, 1.165) is 18.7 Å². The van der Waals surface area contributed by atoms with Crippen molar-refractivity contribution in [2.24, 2.45) is 0 Å². The molecule has 0 saturated heterocycles. The van der Waals surface area contributed by atoms with Gasteiger partial charge in [-0.25, -0.2) is 4.39 Å². The molecule has 3 nitrogen and oxygen atoms in total. The van der Waals surface area contributed by atoms with Gasteiger partial charge in [0.1, 0.15) is 5.82 Å². The summed E-state index contributed by atoms with van der Waals surface area (Å²) >= 11 is 0. The van der Waals surface area contributed by atoms with Gasteiger partial charge >= 0.3 is 0 Å². The van der Waals surface area contributed by atoms with E-state index in [2.05, 4.69) is 16.8 Å². The van der Waals surface area contributed by atoms with Gasteiger partial charge in [-0.15, -0.1) is 0 Å². The number of benzene rings is 1. The van der Waals surface area contributed by atoms with Crippen LogP contribution in [0.2, 0.25) is 0 Å². The molecule has 1 N–H and O–H groups in total. The number of anilines is 1. The molecule has 0 heterocycles. The summed E-state index contributed by atoms with van der Waals surface area (Å²) in [6.07, 6.45) is 0.387. The van der Waals surface area contributed by atoms with Gasteiger partial charge in [-0.1, -0.05) is 25.1 Å². The Hall–Kier alpha value is -1.68. The van der Waals surface area contributed by atoms with Crippen molar-refractivity contribution in [1.82, 2.24) is 4.90 Å². The molecular formula is C15H21FN2O. The zero-order chi connectivity index (χ0) is 14.3. The zero-order valence-corrected chi connectivity index (χ0v) is 11.6. The predicted molar refractivity (Wildman–Crippen MR) is 76.6 cm³/mol. The SMILES string of the molecule is C=C(C)CN(CC)CCC(=O)Nc1cccc(F)c1. The van der Waals surface area contributed by atoms with Gasteiger partial charge in [0.05, 0.1) is 0 Å². The molecule has 19 heavy (non-hydrogen) atoms. The molecule has 0 aliphatic heterocycles. The summed E-state index contributed by atoms with van der Waals surface area (Å²) in [6.45, 7) is 10.2. The Morgan fingerprint density at radius 1 is 1.47 bits per heavy atom. The van der Waals surface area contributed by atoms with Crippen LogP contribution in [-0.2, 0) is 4.79 Å². The Morgan fingerprint density at radius 2 is 2.21 bits per heavy atom. The molecule has 0 unspecified atom stereocenters. The summed E-state index contributed by atoms with van der Waals surface area (Å²) in [5.41, 5.74) is 1.57. The third-order valence-corrected chi connectivity index (χ3v) is 2.70. The second kappa shape index (κ2) is 7.69. The van der Waals surface area contributed by atoms with E-state index in [1.807, 2.05) is 13.8 Å². The maximum Gasteiger partial charge on any atom is 0.225 e. The van der Waals surface area contributed by atoms with Crippen molar-refractivity contribution in [2.75, 3.05) is 25.0 Å². The van der Waals surface area contributed by atoms with Crippen LogP contribution in [0.3, 0.4) is 0 Å². The fourth-order valence-corrected chi connectivity index (χ4v) is 1.78. The number of rotatable bonds is 7. The van der Waals surface area contributed by atoms with Crippen LogP contribution < -0.4 is 5.32 Å². The molecule has 0 aliphatic carbocycles. The Balaban J connectivity index is 2.40. The Morgan fingerprint density at radius 3 is 2.79 bits per heavy atom. The average Bonchev–Trinajstić information content (AvgIpc) is 2.34. The molecule has 1 amide bonds. The molecule has 1 rings (SSSR count). The predicted octanol–water partition coefficient (Wildman–Crippen LogP) is 3.05. The number of halogens is 1. The van der Waals surface area contributed by atoms with Crippen LogP contribution in [0, 0.1) is 5.82 Å². The minimum atomic E-state index is -0.352. The highest BCUT2D eigenvalue weighted by Gasteiger charge is 2.07. The summed E-state index contributed by atoms with van der Waals surface area (Å²) in [4.78, 5) is 13.9. The van der Waals surface area contributed by atoms with Crippen molar-refractivity contribution < 1.29 is 9.18 Å². The van der Waals surface area contributed by atoms with Crippen LogP contribution in [0.1, 0.15) is 20.3 Å². The van der Waals surface area contributed by atoms with Crippen LogP contribution in [0.25, 0.3) is 0 Å². The normalized spacial score (nSPS) is 10.5. The number of nitrogens with one attached hydrogen (secondary N) is 1. The lowest BCUT2D eigenvalue weighted by Gasteiger charge is -2.19. The molecule has 0 bridgehead atoms. The highest BCUT2D eigenvalue weighted by molar-refractivity contribution is 5.90. The second-order valence-electron chi connectivity index (χ2n) is 4.63. The number of hydrogen-bond acceptors (Lipinski definition) is 2. The van der Waals surface area contributed by atoms with Crippen molar-refractivity contribution in [1.29, 1.82) is 0 Å². The van der Waals surface area contributed by atoms with Crippen LogP contribution in [0.15, 0.2) is 36.4 Å². The van der Waals surface area contributed by atoms with E-state index in [4.69, 9.17) is 0 Å². The van der Waals surface area contributed by atoms with Crippen LogP contribution in [-0.4, -0.2) is 30.4 Å². The van der Waals surface area contributed by atoms with Crippen molar-refractivity contribution in [3.05, 3.63) is 42.2 Å². The van der Waals surface area contributed by atoms with Crippen molar-refractivity contribution >= 4 is 11.6 Å². The van der Waals surface area contributed by atoms with Gasteiger partial charge in [0.25, 0.3) is 0 Å². The van der Waals surface area contributed by atoms with Crippen molar-refractivity contribution in [2.45, 2.75) is 20.3 Å². The lowest BCUT2D eigenvalue weighted by molar-refractivity contribution is -0.116. The number of amides is 1. The lowest BCUT2D eigenvalue weighted by Crippen LogP contribution is -2.29. The van der Waals surface area contributed by atoms with E-state index >= 15 is 0 Å². The molecule has 0 radical (unpaired) electrons. The standard InChI is InChI=1S/C15H21FN2O/c1-4-18(11-12(2)3)9-8-15(19)17-14-7-5-6-13(16)10-14/h5-7,10H,2,4,8-9,11H2,1,3H3,(H,17,19). The quantitative estimate of drug-likeness (QED) is 0.768. The summed E-state index contributed by atoms with van der Waals surface area (Å²) in [7, 11) is 0. The maximum atomic E-state index is 13.0. The molecule has 0 saturated carbocycles. The monoisotopic (exact) mass is 264 g/mol. The minimum absolute atomic E-state index is 0.106. The van der Waals surface area contributed by atoms with E-state index in [0.29, 0.717) is 18.7 Å². The van der Waals surface area contributed by atoms with E-state index in [-0.39, 0.29) is 11.7 Å². The Bertz CT molecular complexity index is 446. The Kier molecular flexibility index (Phi) is 6.22. The molecule has 0 aliphatic rings. The minimum Gasteiger partial charge on any atom is -0.326 e. The van der Waals surface area contributed by atoms with E-state index in [9.17, 15) is 9.18 Å². The van der Waals surface area contributed by atoms with E-state index in [1.165, 1.54) is 12.1 Å². The fourth-order valence-electron chi connectivity index (χ4n) is 1.78. The van der Waals surface area contributed by atoms with Crippen LogP contribution >= 0.6 is 0 Å². The first-order chi connectivity index (χ1) is 9.01. The summed E-state index contributed by atoms with van der Waals surface area (Å²) in [6, 6.07) is 5.90. The highest BCUT2D eigenvalue weighted by atomic mass is 19.1. The summed E-state index contributed by atoms with van der Waals surface area (Å²) in [5.74, 6) is -0.457. The molecule has 4 heteroatoms. The third-order valence-electron chi connectivity index (χ3n) is 2.70. The second-order valence-corrected chi connectivity index (χ2v) is 4.63. The van der Waals surface area contributed by atoms with E-state index < -0.39 is 0 Å². The van der Waals surface area contributed by atoms with E-state index in [1.54, 1.807) is 12.1 Å². The summed E-state index contributed by atoms with van der Waals surface area (Å²) in [5, 5.41) is 2.69. The van der Waals surface area contributed by atoms with Crippen molar-refractivity contribution in [3.63, 3.8) is 0 Å². The maximum absolute atomic E-state index is 13.0. The fraction of sp³-hybridized carbons (Fsp3) is 0.400. The largest absolute Gasteiger partial charge is 0.326 e.